The Hall–Kier alpha value is -1.81. The Labute approximate surface area is 103 Å². The van der Waals surface area contributed by atoms with Crippen molar-refractivity contribution in [2.75, 3.05) is 14.2 Å². The standard InChI is InChI=1S/C12H10ClNO3/c1-16-11-6-10(12(15)17-2)14-9-5-7(13)3-4-8(9)11/h3-6H,1-2H3. The molecule has 2 aromatic rings. The SMILES string of the molecule is COC(=O)c1cc(OC)c2ccc(Cl)cc2n1. The number of esters is 1. The van der Waals surface area contributed by atoms with Crippen LogP contribution in [0.2, 0.25) is 5.02 Å². The summed E-state index contributed by atoms with van der Waals surface area (Å²) in [5.74, 6) is 0.0530. The molecule has 0 saturated carbocycles. The van der Waals surface area contributed by atoms with Gasteiger partial charge in [0.15, 0.2) is 5.69 Å². The van der Waals surface area contributed by atoms with Gasteiger partial charge in [-0.3, -0.25) is 0 Å². The first-order valence-corrected chi connectivity index (χ1v) is 5.26. The van der Waals surface area contributed by atoms with Gasteiger partial charge in [-0.25, -0.2) is 9.78 Å². The lowest BCUT2D eigenvalue weighted by Crippen LogP contribution is -2.05. The molecule has 0 spiro atoms. The monoisotopic (exact) mass is 251 g/mol. The summed E-state index contributed by atoms with van der Waals surface area (Å²) in [4.78, 5) is 15.6. The van der Waals surface area contributed by atoms with Crippen LogP contribution in [0, 0.1) is 0 Å². The number of carbonyl (C=O) groups excluding carboxylic acids is 1. The molecule has 17 heavy (non-hydrogen) atoms. The van der Waals surface area contributed by atoms with Gasteiger partial charge in [-0.15, -0.1) is 0 Å². The highest BCUT2D eigenvalue weighted by molar-refractivity contribution is 6.31. The van der Waals surface area contributed by atoms with Crippen LogP contribution in [0.15, 0.2) is 24.3 Å². The number of pyridine rings is 1. The number of nitrogens with zero attached hydrogens (tertiary/aromatic N) is 1. The van der Waals surface area contributed by atoms with Crippen LogP contribution in [-0.2, 0) is 4.74 Å². The molecule has 0 aliphatic heterocycles. The zero-order valence-electron chi connectivity index (χ0n) is 9.36. The molecule has 1 aromatic heterocycles. The van der Waals surface area contributed by atoms with Gasteiger partial charge in [0.1, 0.15) is 5.75 Å². The summed E-state index contributed by atoms with van der Waals surface area (Å²) in [5.41, 5.74) is 0.788. The van der Waals surface area contributed by atoms with E-state index in [-0.39, 0.29) is 5.69 Å². The summed E-state index contributed by atoms with van der Waals surface area (Å²) in [6, 6.07) is 6.75. The Morgan fingerprint density at radius 1 is 1.29 bits per heavy atom. The Morgan fingerprint density at radius 2 is 2.06 bits per heavy atom. The molecule has 0 aliphatic rings. The van der Waals surface area contributed by atoms with Crippen molar-refractivity contribution in [1.29, 1.82) is 0 Å². The molecule has 88 valence electrons. The molecule has 0 bridgehead atoms. The average Bonchev–Trinajstić information content (AvgIpc) is 2.35. The predicted octanol–water partition coefficient (Wildman–Crippen LogP) is 2.68. The average molecular weight is 252 g/mol. The molecule has 0 aliphatic carbocycles. The van der Waals surface area contributed by atoms with E-state index in [0.717, 1.165) is 5.39 Å². The normalized spacial score (nSPS) is 10.3. The van der Waals surface area contributed by atoms with Crippen molar-refractivity contribution in [3.63, 3.8) is 0 Å². The second kappa shape index (κ2) is 4.59. The van der Waals surface area contributed by atoms with Crippen molar-refractivity contribution >= 4 is 28.5 Å². The number of halogens is 1. The van der Waals surface area contributed by atoms with E-state index in [1.165, 1.54) is 14.2 Å². The molecule has 1 aromatic carbocycles. The zero-order chi connectivity index (χ0) is 12.4. The van der Waals surface area contributed by atoms with Crippen LogP contribution < -0.4 is 4.74 Å². The Balaban J connectivity index is 2.71. The largest absolute Gasteiger partial charge is 0.496 e. The molecular weight excluding hydrogens is 242 g/mol. The van der Waals surface area contributed by atoms with Gasteiger partial charge in [0.05, 0.1) is 19.7 Å². The molecule has 0 atom stereocenters. The third-order valence-corrected chi connectivity index (χ3v) is 2.58. The number of rotatable bonds is 2. The van der Waals surface area contributed by atoms with E-state index < -0.39 is 5.97 Å². The van der Waals surface area contributed by atoms with Crippen LogP contribution >= 0.6 is 11.6 Å². The fourth-order valence-corrected chi connectivity index (χ4v) is 1.71. The number of fused-ring (bicyclic) bond motifs is 1. The van der Waals surface area contributed by atoms with Gasteiger partial charge in [-0.05, 0) is 18.2 Å². The maximum Gasteiger partial charge on any atom is 0.356 e. The van der Waals surface area contributed by atoms with Crippen molar-refractivity contribution in [3.05, 3.63) is 35.0 Å². The third kappa shape index (κ3) is 2.17. The summed E-state index contributed by atoms with van der Waals surface area (Å²) in [7, 11) is 2.84. The summed E-state index contributed by atoms with van der Waals surface area (Å²) >= 11 is 5.88. The molecule has 1 heterocycles. The number of hydrogen-bond donors (Lipinski definition) is 0. The van der Waals surface area contributed by atoms with Crippen LogP contribution in [0.5, 0.6) is 5.75 Å². The number of ether oxygens (including phenoxy) is 2. The smallest absolute Gasteiger partial charge is 0.356 e. The maximum atomic E-state index is 11.4. The van der Waals surface area contributed by atoms with Gasteiger partial charge < -0.3 is 9.47 Å². The van der Waals surface area contributed by atoms with Gasteiger partial charge >= 0.3 is 5.97 Å². The first-order chi connectivity index (χ1) is 8.15. The van der Waals surface area contributed by atoms with Crippen LogP contribution in [0.1, 0.15) is 10.5 Å². The van der Waals surface area contributed by atoms with E-state index in [1.54, 1.807) is 24.3 Å². The van der Waals surface area contributed by atoms with Gasteiger partial charge in [0, 0.05) is 16.5 Å². The minimum Gasteiger partial charge on any atom is -0.496 e. The van der Waals surface area contributed by atoms with E-state index >= 15 is 0 Å². The molecule has 4 nitrogen and oxygen atoms in total. The summed E-state index contributed by atoms with van der Waals surface area (Å²) in [6.07, 6.45) is 0. The van der Waals surface area contributed by atoms with Crippen molar-refractivity contribution in [2.45, 2.75) is 0 Å². The zero-order valence-corrected chi connectivity index (χ0v) is 10.1. The molecular formula is C12H10ClNO3. The number of aromatic nitrogens is 1. The molecule has 0 saturated heterocycles. The molecule has 0 radical (unpaired) electrons. The van der Waals surface area contributed by atoms with Crippen LogP contribution in [0.4, 0.5) is 0 Å². The predicted molar refractivity (Wildman–Crippen MR) is 64.6 cm³/mol. The van der Waals surface area contributed by atoms with Crippen LogP contribution in [-0.4, -0.2) is 25.2 Å². The van der Waals surface area contributed by atoms with E-state index in [1.807, 2.05) is 0 Å². The molecule has 0 fully saturated rings. The number of benzene rings is 1. The summed E-state index contributed by atoms with van der Waals surface area (Å²) in [6.45, 7) is 0. The van der Waals surface area contributed by atoms with Gasteiger partial charge in [0.2, 0.25) is 0 Å². The van der Waals surface area contributed by atoms with E-state index in [2.05, 4.69) is 9.72 Å². The highest BCUT2D eigenvalue weighted by Crippen LogP contribution is 2.27. The fourth-order valence-electron chi connectivity index (χ4n) is 1.55. The maximum absolute atomic E-state index is 11.4. The number of hydrogen-bond acceptors (Lipinski definition) is 4. The lowest BCUT2D eigenvalue weighted by Gasteiger charge is -2.07. The Morgan fingerprint density at radius 3 is 2.71 bits per heavy atom. The number of methoxy groups -OCH3 is 2. The van der Waals surface area contributed by atoms with Crippen molar-refractivity contribution < 1.29 is 14.3 Å². The first-order valence-electron chi connectivity index (χ1n) is 4.88. The summed E-state index contributed by atoms with van der Waals surface area (Å²) < 4.78 is 9.84. The van der Waals surface area contributed by atoms with Crippen LogP contribution in [0.25, 0.3) is 10.9 Å². The lowest BCUT2D eigenvalue weighted by atomic mass is 10.2. The lowest BCUT2D eigenvalue weighted by molar-refractivity contribution is 0.0594. The fraction of sp³-hybridized carbons (Fsp3) is 0.167. The minimum absolute atomic E-state index is 0.194. The molecule has 0 unspecified atom stereocenters. The quantitative estimate of drug-likeness (QED) is 0.770. The topological polar surface area (TPSA) is 48.4 Å². The van der Waals surface area contributed by atoms with E-state index in [0.29, 0.717) is 16.3 Å². The van der Waals surface area contributed by atoms with Crippen molar-refractivity contribution in [3.8, 4) is 5.75 Å². The van der Waals surface area contributed by atoms with Crippen molar-refractivity contribution in [2.24, 2.45) is 0 Å². The Bertz CT molecular complexity index is 583. The van der Waals surface area contributed by atoms with Crippen LogP contribution in [0.3, 0.4) is 0 Å². The minimum atomic E-state index is -0.509. The highest BCUT2D eigenvalue weighted by Gasteiger charge is 2.12. The molecule has 0 N–H and O–H groups in total. The van der Waals surface area contributed by atoms with E-state index in [4.69, 9.17) is 16.3 Å². The molecule has 2 rings (SSSR count). The van der Waals surface area contributed by atoms with Crippen molar-refractivity contribution in [1.82, 2.24) is 4.98 Å². The van der Waals surface area contributed by atoms with Gasteiger partial charge in [-0.1, -0.05) is 11.6 Å². The third-order valence-electron chi connectivity index (χ3n) is 2.35. The second-order valence-electron chi connectivity index (χ2n) is 3.36. The summed E-state index contributed by atoms with van der Waals surface area (Å²) in [5, 5.41) is 1.35. The molecule has 5 heteroatoms. The molecule has 0 amide bonds. The van der Waals surface area contributed by atoms with Gasteiger partial charge in [0.25, 0.3) is 0 Å². The second-order valence-corrected chi connectivity index (χ2v) is 3.80. The highest BCUT2D eigenvalue weighted by atomic mass is 35.5. The number of carbonyl (C=O) groups is 1. The van der Waals surface area contributed by atoms with Gasteiger partial charge in [-0.2, -0.15) is 0 Å². The Kier molecular flexibility index (Phi) is 3.15. The first kappa shape index (κ1) is 11.7. The van der Waals surface area contributed by atoms with E-state index in [9.17, 15) is 4.79 Å².